The molecule has 2 aromatic carbocycles. The van der Waals surface area contributed by atoms with E-state index in [1.54, 1.807) is 0 Å². The molecule has 1 aliphatic rings. The van der Waals surface area contributed by atoms with Crippen LogP contribution in [0.5, 0.6) is 0 Å². The van der Waals surface area contributed by atoms with E-state index in [9.17, 15) is 9.59 Å². The Morgan fingerprint density at radius 1 is 0.978 bits per heavy atom. The van der Waals surface area contributed by atoms with Crippen LogP contribution in [0, 0.1) is 35.5 Å². The molecule has 0 aromatic heterocycles. The number of oxime groups is 1. The number of hydrogen-bond donors (Lipinski definition) is 1. The summed E-state index contributed by atoms with van der Waals surface area (Å²) in [6.07, 6.45) is 8.50. The second kappa shape index (κ2) is 16.6. The molecular weight excluding hydrogens is 575 g/mol. The third-order valence-electron chi connectivity index (χ3n) is 9.59. The van der Waals surface area contributed by atoms with Gasteiger partial charge in [-0.25, -0.2) is 0 Å². The molecule has 0 saturated heterocycles. The van der Waals surface area contributed by atoms with E-state index in [-0.39, 0.29) is 23.3 Å². The van der Waals surface area contributed by atoms with Crippen LogP contribution in [0.3, 0.4) is 0 Å². The monoisotopic (exact) mass is 631 g/mol. The van der Waals surface area contributed by atoms with Gasteiger partial charge >= 0.3 is 5.97 Å². The van der Waals surface area contributed by atoms with Crippen molar-refractivity contribution >= 4 is 30.4 Å². The van der Waals surface area contributed by atoms with Crippen LogP contribution in [-0.4, -0.2) is 37.5 Å². The summed E-state index contributed by atoms with van der Waals surface area (Å²) in [7, 11) is -1.60. The molecule has 1 saturated carbocycles. The molecule has 0 spiro atoms. The van der Waals surface area contributed by atoms with Crippen molar-refractivity contribution in [1.29, 1.82) is 0 Å². The molecule has 0 bridgehead atoms. The molecule has 1 unspecified atom stereocenters. The van der Waals surface area contributed by atoms with Gasteiger partial charge in [0.15, 0.2) is 0 Å². The van der Waals surface area contributed by atoms with E-state index in [1.807, 2.05) is 57.2 Å². The summed E-state index contributed by atoms with van der Waals surface area (Å²) in [4.78, 5) is 30.9. The highest BCUT2D eigenvalue weighted by Gasteiger charge is 2.49. The second-order valence-electron chi connectivity index (χ2n) is 14.6. The van der Waals surface area contributed by atoms with E-state index in [2.05, 4.69) is 69.0 Å². The molecule has 5 nitrogen and oxygen atoms in total. The van der Waals surface area contributed by atoms with Gasteiger partial charge in [-0.3, -0.25) is 4.79 Å². The second-order valence-corrected chi connectivity index (χ2v) is 18.5. The summed E-state index contributed by atoms with van der Waals surface area (Å²) in [5.41, 5.74) is 0.0418. The lowest BCUT2D eigenvalue weighted by Crippen LogP contribution is -2.65. The molecule has 0 heterocycles. The molecule has 0 radical (unpaired) electrons. The van der Waals surface area contributed by atoms with E-state index in [0.717, 1.165) is 47.9 Å². The van der Waals surface area contributed by atoms with Gasteiger partial charge in [-0.15, -0.1) is 0 Å². The highest BCUT2D eigenvalue weighted by atomic mass is 28.4. The third-order valence-corrected chi connectivity index (χ3v) is 14.1. The molecule has 0 amide bonds. The van der Waals surface area contributed by atoms with E-state index >= 15 is 0 Å². The van der Waals surface area contributed by atoms with Gasteiger partial charge in [-0.05, 0) is 86.0 Å². The molecule has 1 aliphatic carbocycles. The Hall–Kier alpha value is -2.88. The number of rotatable bonds is 15. The number of esters is 1. The van der Waals surface area contributed by atoms with Crippen LogP contribution in [0.15, 0.2) is 65.8 Å². The summed E-state index contributed by atoms with van der Waals surface area (Å²) in [6.45, 7) is 14.6. The van der Waals surface area contributed by atoms with Crippen LogP contribution in [0.1, 0.15) is 106 Å². The Labute approximate surface area is 274 Å². The van der Waals surface area contributed by atoms with Gasteiger partial charge < -0.3 is 14.4 Å². The van der Waals surface area contributed by atoms with Crippen molar-refractivity contribution in [3.63, 3.8) is 0 Å². The van der Waals surface area contributed by atoms with Gasteiger partial charge in [0, 0.05) is 11.8 Å². The van der Waals surface area contributed by atoms with Gasteiger partial charge in [0.2, 0.25) is 0 Å². The third kappa shape index (κ3) is 10.3. The maximum absolute atomic E-state index is 13.1. The first-order valence-electron chi connectivity index (χ1n) is 17.0. The van der Waals surface area contributed by atoms with Crippen LogP contribution in [0.2, 0.25) is 5.04 Å². The van der Waals surface area contributed by atoms with E-state index in [0.29, 0.717) is 18.1 Å². The van der Waals surface area contributed by atoms with Crippen LogP contribution in [-0.2, 0) is 14.4 Å². The average Bonchev–Trinajstić information content (AvgIpc) is 2.98. The van der Waals surface area contributed by atoms with E-state index in [4.69, 9.17) is 9.57 Å². The van der Waals surface area contributed by atoms with Gasteiger partial charge in [-0.2, -0.15) is 0 Å². The minimum atomic E-state index is -3.13. The van der Waals surface area contributed by atoms with Crippen molar-refractivity contribution in [3.05, 3.63) is 60.7 Å². The van der Waals surface area contributed by atoms with Gasteiger partial charge in [-0.1, -0.05) is 119 Å². The topological polar surface area (TPSA) is 68.1 Å². The van der Waals surface area contributed by atoms with Crippen LogP contribution < -0.4 is 10.4 Å². The number of carbonyl (C=O) groups excluding carboxylic acids is 1. The molecule has 2 aromatic rings. The first-order chi connectivity index (χ1) is 21.3. The number of hydrogen-bond acceptors (Lipinski definition) is 5. The number of nitrogens with zero attached hydrogens (tertiary/aromatic N) is 1. The Balaban J connectivity index is 1.80. The zero-order valence-corrected chi connectivity index (χ0v) is 30.1. The largest absolute Gasteiger partial charge is 0.460 e. The lowest BCUT2D eigenvalue weighted by molar-refractivity contribution is -0.155. The lowest BCUT2D eigenvalue weighted by Gasteiger charge is -2.41. The van der Waals surface area contributed by atoms with Crippen molar-refractivity contribution < 1.29 is 19.2 Å². The Morgan fingerprint density at radius 2 is 1.53 bits per heavy atom. The SMILES string of the molecule is CCC(CC)CC1CC(C#C/C(=N\OC)C(CCCC(C)(C)[Si](O)(c2ccccc2)c2ccccc2)CC(=O)OC(C)(C)C)C1. The Kier molecular flexibility index (Phi) is 13.5. The maximum Gasteiger partial charge on any atom is 0.307 e. The summed E-state index contributed by atoms with van der Waals surface area (Å²) in [5.74, 6) is 8.26. The number of benzene rings is 2. The van der Waals surface area contributed by atoms with E-state index in [1.165, 1.54) is 26.4 Å². The zero-order valence-electron chi connectivity index (χ0n) is 29.1. The highest BCUT2D eigenvalue weighted by molar-refractivity contribution is 6.98. The molecular formula is C39H57NO4Si. The predicted molar refractivity (Wildman–Crippen MR) is 189 cm³/mol. The Bertz CT molecular complexity index is 1240. The van der Waals surface area contributed by atoms with Crippen molar-refractivity contribution in [3.8, 4) is 11.8 Å². The summed E-state index contributed by atoms with van der Waals surface area (Å²) < 4.78 is 5.73. The summed E-state index contributed by atoms with van der Waals surface area (Å²) >= 11 is 0. The van der Waals surface area contributed by atoms with Crippen molar-refractivity contribution in [2.75, 3.05) is 7.11 Å². The fraction of sp³-hybridized carbons (Fsp3) is 0.590. The normalized spacial score (nSPS) is 18.0. The van der Waals surface area contributed by atoms with Crippen LogP contribution in [0.25, 0.3) is 0 Å². The standard InChI is InChI=1S/C39H57NO4Si/c1-9-30(10-2)26-32-27-31(28-32)23-24-36(40-43-8)33(29-37(41)44-38(3,4)5)18-17-25-39(6,7)45(42,34-19-13-11-14-20-34)35-21-15-12-16-22-35/h11-16,19-22,30-33,42H,9-10,17-18,25-29H2,1-8H3/b40-36+. The molecule has 45 heavy (non-hydrogen) atoms. The lowest BCUT2D eigenvalue weighted by atomic mass is 9.70. The maximum atomic E-state index is 13.1. The molecule has 246 valence electrons. The van der Waals surface area contributed by atoms with Crippen LogP contribution in [0.4, 0.5) is 0 Å². The van der Waals surface area contributed by atoms with Crippen molar-refractivity contribution in [2.24, 2.45) is 28.8 Å². The number of carbonyl (C=O) groups is 1. The fourth-order valence-corrected chi connectivity index (χ4v) is 10.6. The summed E-state index contributed by atoms with van der Waals surface area (Å²) in [5, 5.41) is 5.97. The average molecular weight is 632 g/mol. The first-order valence-corrected chi connectivity index (χ1v) is 19.0. The zero-order chi connectivity index (χ0) is 33.1. The van der Waals surface area contributed by atoms with E-state index < -0.39 is 13.9 Å². The Morgan fingerprint density at radius 3 is 2.02 bits per heavy atom. The predicted octanol–water partition coefficient (Wildman–Crippen LogP) is 7.90. The van der Waals surface area contributed by atoms with Gasteiger partial charge in [0.1, 0.15) is 18.4 Å². The molecule has 1 atom stereocenters. The minimum absolute atomic E-state index is 0.190. The smallest absolute Gasteiger partial charge is 0.307 e. The molecule has 1 fully saturated rings. The quantitative estimate of drug-likeness (QED) is 0.0714. The fourth-order valence-electron chi connectivity index (χ4n) is 6.81. The van der Waals surface area contributed by atoms with Crippen LogP contribution >= 0.6 is 0 Å². The molecule has 3 rings (SSSR count). The number of ether oxygens (including phenoxy) is 1. The van der Waals surface area contributed by atoms with Crippen molar-refractivity contribution in [2.45, 2.75) is 117 Å². The molecule has 1 N–H and O–H groups in total. The summed E-state index contributed by atoms with van der Waals surface area (Å²) in [6, 6.07) is 20.2. The van der Waals surface area contributed by atoms with Crippen molar-refractivity contribution in [1.82, 2.24) is 0 Å². The highest BCUT2D eigenvalue weighted by Crippen LogP contribution is 2.41. The van der Waals surface area contributed by atoms with Gasteiger partial charge in [0.05, 0.1) is 6.42 Å². The molecule has 6 heteroatoms. The first kappa shape index (κ1) is 36.6. The molecule has 0 aliphatic heterocycles. The van der Waals surface area contributed by atoms with Gasteiger partial charge in [0.25, 0.3) is 8.32 Å². The minimum Gasteiger partial charge on any atom is -0.460 e.